The summed E-state index contributed by atoms with van der Waals surface area (Å²) < 4.78 is 10.4. The van der Waals surface area contributed by atoms with Gasteiger partial charge in [0, 0.05) is 0 Å². The molecule has 0 atom stereocenters. The minimum atomic E-state index is 0.422. The Hall–Kier alpha value is -2.11. The quantitative estimate of drug-likeness (QED) is 0.781. The normalized spacial score (nSPS) is 10.8. The average Bonchev–Trinajstić information content (AvgIpc) is 3.11. The van der Waals surface area contributed by atoms with Gasteiger partial charge in [0.15, 0.2) is 5.82 Å². The van der Waals surface area contributed by atoms with Crippen LogP contribution in [0, 0.1) is 0 Å². The first-order valence-electron chi connectivity index (χ1n) is 6.13. The van der Waals surface area contributed by atoms with Gasteiger partial charge >= 0.3 is 0 Å². The molecule has 102 valence electrons. The third-order valence-electron chi connectivity index (χ3n) is 2.73. The van der Waals surface area contributed by atoms with E-state index in [4.69, 9.17) is 20.5 Å². The zero-order valence-electron chi connectivity index (χ0n) is 10.5. The van der Waals surface area contributed by atoms with Crippen molar-refractivity contribution < 1.29 is 8.94 Å². The molecule has 6 heteroatoms. The van der Waals surface area contributed by atoms with Crippen molar-refractivity contribution in [1.29, 1.82) is 0 Å². The van der Waals surface area contributed by atoms with E-state index in [9.17, 15) is 0 Å². The number of benzene rings is 1. The smallest absolute Gasteiger partial charge is 0.259 e. The zero-order valence-corrected chi connectivity index (χ0v) is 11.3. The van der Waals surface area contributed by atoms with Crippen LogP contribution in [0.25, 0.3) is 11.5 Å². The topological polar surface area (TPSA) is 64.1 Å². The largest absolute Gasteiger partial charge is 0.468 e. The predicted molar refractivity (Wildman–Crippen MR) is 74.0 cm³/mol. The monoisotopic (exact) mass is 289 g/mol. The average molecular weight is 290 g/mol. The van der Waals surface area contributed by atoms with Crippen LogP contribution in [0.2, 0.25) is 5.02 Å². The van der Waals surface area contributed by atoms with Crippen LogP contribution in [0.15, 0.2) is 51.6 Å². The Balaban J connectivity index is 1.64. The number of hydrogen-bond donors (Lipinski definition) is 1. The molecule has 3 aromatic rings. The van der Waals surface area contributed by atoms with E-state index in [1.54, 1.807) is 12.3 Å². The summed E-state index contributed by atoms with van der Waals surface area (Å²) in [7, 11) is 0. The van der Waals surface area contributed by atoms with Crippen LogP contribution < -0.4 is 5.32 Å². The molecule has 0 radical (unpaired) electrons. The van der Waals surface area contributed by atoms with E-state index >= 15 is 0 Å². The highest BCUT2D eigenvalue weighted by atomic mass is 35.5. The van der Waals surface area contributed by atoms with Crippen molar-refractivity contribution in [3.63, 3.8) is 0 Å². The van der Waals surface area contributed by atoms with Gasteiger partial charge in [0.2, 0.25) is 0 Å². The number of nitrogens with one attached hydrogen (secondary N) is 1. The third-order valence-corrected chi connectivity index (χ3v) is 3.06. The Morgan fingerprint density at radius 1 is 1.10 bits per heavy atom. The van der Waals surface area contributed by atoms with E-state index in [2.05, 4.69) is 15.5 Å². The lowest BCUT2D eigenvalue weighted by Gasteiger charge is -1.97. The van der Waals surface area contributed by atoms with Crippen molar-refractivity contribution in [2.75, 3.05) is 0 Å². The summed E-state index contributed by atoms with van der Waals surface area (Å²) >= 11 is 6.08. The van der Waals surface area contributed by atoms with E-state index in [0.717, 1.165) is 11.3 Å². The second-order valence-electron chi connectivity index (χ2n) is 4.18. The fraction of sp³-hybridized carbons (Fsp3) is 0.143. The number of hydrogen-bond acceptors (Lipinski definition) is 5. The minimum Gasteiger partial charge on any atom is -0.468 e. The number of furan rings is 1. The maximum atomic E-state index is 6.08. The van der Waals surface area contributed by atoms with E-state index in [1.807, 2.05) is 30.3 Å². The summed E-state index contributed by atoms with van der Waals surface area (Å²) in [6.07, 6.45) is 1.64. The van der Waals surface area contributed by atoms with E-state index < -0.39 is 0 Å². The molecule has 0 aliphatic rings. The molecule has 2 aromatic heterocycles. The highest BCUT2D eigenvalue weighted by molar-refractivity contribution is 6.33. The molecule has 0 amide bonds. The highest BCUT2D eigenvalue weighted by Crippen LogP contribution is 2.25. The fourth-order valence-electron chi connectivity index (χ4n) is 1.78. The molecule has 1 N–H and O–H groups in total. The van der Waals surface area contributed by atoms with Gasteiger partial charge in [0.05, 0.1) is 29.9 Å². The van der Waals surface area contributed by atoms with Gasteiger partial charge in [-0.15, -0.1) is 0 Å². The SMILES string of the molecule is Clc1ccccc1-c1nc(CNCc2ccco2)no1. The molecule has 0 unspecified atom stereocenters. The molecule has 0 bridgehead atoms. The molecule has 0 spiro atoms. The molecule has 1 aromatic carbocycles. The summed E-state index contributed by atoms with van der Waals surface area (Å²) in [5, 5.41) is 7.68. The molecule has 0 saturated heterocycles. The first-order chi connectivity index (χ1) is 9.83. The second-order valence-corrected chi connectivity index (χ2v) is 4.59. The molecule has 2 heterocycles. The maximum absolute atomic E-state index is 6.08. The Labute approximate surface area is 120 Å². The van der Waals surface area contributed by atoms with E-state index in [1.165, 1.54) is 0 Å². The summed E-state index contributed by atoms with van der Waals surface area (Å²) in [5.41, 5.74) is 0.735. The van der Waals surface area contributed by atoms with Gasteiger partial charge in [0.1, 0.15) is 5.76 Å². The van der Waals surface area contributed by atoms with E-state index in [0.29, 0.717) is 29.8 Å². The number of aromatic nitrogens is 2. The highest BCUT2D eigenvalue weighted by Gasteiger charge is 2.11. The van der Waals surface area contributed by atoms with Gasteiger partial charge in [-0.05, 0) is 24.3 Å². The van der Waals surface area contributed by atoms with Gasteiger partial charge in [-0.25, -0.2) is 0 Å². The molecule has 0 aliphatic carbocycles. The lowest BCUT2D eigenvalue weighted by atomic mass is 10.2. The predicted octanol–water partition coefficient (Wildman–Crippen LogP) is 3.27. The van der Waals surface area contributed by atoms with Crippen molar-refractivity contribution >= 4 is 11.6 Å². The summed E-state index contributed by atoms with van der Waals surface area (Å²) in [5.74, 6) is 1.86. The summed E-state index contributed by atoms with van der Waals surface area (Å²) in [4.78, 5) is 4.30. The van der Waals surface area contributed by atoms with Crippen molar-refractivity contribution in [2.45, 2.75) is 13.1 Å². The summed E-state index contributed by atoms with van der Waals surface area (Å²) in [6.45, 7) is 1.11. The zero-order chi connectivity index (χ0) is 13.8. The van der Waals surface area contributed by atoms with Gasteiger partial charge in [-0.3, -0.25) is 0 Å². The van der Waals surface area contributed by atoms with Crippen molar-refractivity contribution in [3.8, 4) is 11.5 Å². The Kier molecular flexibility index (Phi) is 3.80. The van der Waals surface area contributed by atoms with Crippen molar-refractivity contribution in [3.05, 3.63) is 59.3 Å². The molecule has 0 fully saturated rings. The van der Waals surface area contributed by atoms with Crippen molar-refractivity contribution in [2.24, 2.45) is 0 Å². The van der Waals surface area contributed by atoms with Crippen LogP contribution in [0.1, 0.15) is 11.6 Å². The van der Waals surface area contributed by atoms with Crippen LogP contribution in [-0.2, 0) is 13.1 Å². The number of halogens is 1. The Bertz CT molecular complexity index is 679. The standard InChI is InChI=1S/C14H12ClN3O2/c15-12-6-2-1-5-11(12)14-17-13(18-20-14)9-16-8-10-4-3-7-19-10/h1-7,16H,8-9H2. The van der Waals surface area contributed by atoms with Gasteiger partial charge in [-0.2, -0.15) is 4.98 Å². The van der Waals surface area contributed by atoms with Crippen molar-refractivity contribution in [1.82, 2.24) is 15.5 Å². The van der Waals surface area contributed by atoms with Crippen LogP contribution >= 0.6 is 11.6 Å². The molecule has 20 heavy (non-hydrogen) atoms. The van der Waals surface area contributed by atoms with Gasteiger partial charge in [-0.1, -0.05) is 28.9 Å². The maximum Gasteiger partial charge on any atom is 0.259 e. The number of rotatable bonds is 5. The van der Waals surface area contributed by atoms with Crippen LogP contribution in [0.3, 0.4) is 0 Å². The fourth-order valence-corrected chi connectivity index (χ4v) is 2.00. The molecular weight excluding hydrogens is 278 g/mol. The van der Waals surface area contributed by atoms with E-state index in [-0.39, 0.29) is 0 Å². The van der Waals surface area contributed by atoms with Crippen LogP contribution in [0.5, 0.6) is 0 Å². The first kappa shape index (κ1) is 12.9. The first-order valence-corrected chi connectivity index (χ1v) is 6.51. The van der Waals surface area contributed by atoms with Crippen LogP contribution in [0.4, 0.5) is 0 Å². The lowest BCUT2D eigenvalue weighted by Crippen LogP contribution is -2.13. The molecular formula is C14H12ClN3O2. The minimum absolute atomic E-state index is 0.422. The molecule has 0 aliphatic heterocycles. The molecule has 5 nitrogen and oxygen atoms in total. The second kappa shape index (κ2) is 5.90. The number of nitrogens with zero attached hydrogens (tertiary/aromatic N) is 2. The lowest BCUT2D eigenvalue weighted by molar-refractivity contribution is 0.416. The summed E-state index contributed by atoms with van der Waals surface area (Å²) in [6, 6.07) is 11.1. The van der Waals surface area contributed by atoms with Gasteiger partial charge < -0.3 is 14.3 Å². The van der Waals surface area contributed by atoms with Gasteiger partial charge in [0.25, 0.3) is 5.89 Å². The van der Waals surface area contributed by atoms with Crippen LogP contribution in [-0.4, -0.2) is 10.1 Å². The third kappa shape index (κ3) is 2.89. The Morgan fingerprint density at radius 2 is 2.00 bits per heavy atom. The molecule has 0 saturated carbocycles. The molecule has 3 rings (SSSR count). The Morgan fingerprint density at radius 3 is 2.80 bits per heavy atom.